The standard InChI is InChI=1S/C24H18O6S2/c25-13-19-23-21(27-9-11-29-23)17(31-19)7-5-15-1-2-16(4-3-15)6-8-18-22-24(20(14-26)32-18)30-12-10-28-22/h1-8,13-14H,9-12H2/b7-5+,8-6+. The summed E-state index contributed by atoms with van der Waals surface area (Å²) in [5, 5.41) is 0. The molecule has 5 rings (SSSR count). The van der Waals surface area contributed by atoms with E-state index < -0.39 is 0 Å². The van der Waals surface area contributed by atoms with E-state index in [2.05, 4.69) is 0 Å². The van der Waals surface area contributed by atoms with E-state index in [-0.39, 0.29) is 0 Å². The molecule has 32 heavy (non-hydrogen) atoms. The Labute approximate surface area is 192 Å². The second-order valence-corrected chi connectivity index (χ2v) is 9.11. The zero-order valence-corrected chi connectivity index (χ0v) is 18.5. The molecule has 1 aromatic carbocycles. The van der Waals surface area contributed by atoms with Crippen LogP contribution in [0.1, 0.15) is 40.2 Å². The van der Waals surface area contributed by atoms with E-state index in [4.69, 9.17) is 18.9 Å². The van der Waals surface area contributed by atoms with Crippen molar-refractivity contribution in [3.05, 3.63) is 54.9 Å². The lowest BCUT2D eigenvalue weighted by Crippen LogP contribution is -2.15. The molecule has 0 spiro atoms. The Morgan fingerprint density at radius 3 is 1.22 bits per heavy atom. The quantitative estimate of drug-likeness (QED) is 0.458. The van der Waals surface area contributed by atoms with Crippen molar-refractivity contribution in [2.75, 3.05) is 26.4 Å². The smallest absolute Gasteiger partial charge is 0.183 e. The Morgan fingerprint density at radius 1 is 0.531 bits per heavy atom. The molecule has 2 aliphatic rings. The van der Waals surface area contributed by atoms with Gasteiger partial charge in [0.2, 0.25) is 0 Å². The van der Waals surface area contributed by atoms with Gasteiger partial charge in [-0.25, -0.2) is 0 Å². The third kappa shape index (κ3) is 3.94. The minimum atomic E-state index is 0.451. The van der Waals surface area contributed by atoms with Crippen LogP contribution in [0, 0.1) is 0 Å². The van der Waals surface area contributed by atoms with Gasteiger partial charge in [-0.3, -0.25) is 9.59 Å². The molecule has 0 aliphatic carbocycles. The molecule has 0 saturated carbocycles. The number of benzene rings is 1. The van der Waals surface area contributed by atoms with Crippen LogP contribution in [0.5, 0.6) is 23.0 Å². The molecule has 4 heterocycles. The van der Waals surface area contributed by atoms with Gasteiger partial charge in [-0.05, 0) is 23.3 Å². The van der Waals surface area contributed by atoms with Crippen LogP contribution in [-0.2, 0) is 0 Å². The highest BCUT2D eigenvalue weighted by atomic mass is 32.1. The third-order valence-electron chi connectivity index (χ3n) is 4.90. The Bertz CT molecular complexity index is 1120. The lowest BCUT2D eigenvalue weighted by Gasteiger charge is -2.15. The van der Waals surface area contributed by atoms with Crippen LogP contribution in [0.15, 0.2) is 24.3 Å². The van der Waals surface area contributed by atoms with Crippen LogP contribution >= 0.6 is 22.7 Å². The average Bonchev–Trinajstić information content (AvgIpc) is 3.40. The largest absolute Gasteiger partial charge is 0.485 e. The molecule has 3 aromatic rings. The van der Waals surface area contributed by atoms with Crippen LogP contribution in [-0.4, -0.2) is 39.0 Å². The van der Waals surface area contributed by atoms with E-state index in [1.807, 2.05) is 48.6 Å². The molecule has 0 fully saturated rings. The van der Waals surface area contributed by atoms with Crippen molar-refractivity contribution < 1.29 is 28.5 Å². The van der Waals surface area contributed by atoms with Gasteiger partial charge in [-0.15, -0.1) is 22.7 Å². The van der Waals surface area contributed by atoms with E-state index in [0.29, 0.717) is 59.2 Å². The van der Waals surface area contributed by atoms with E-state index >= 15 is 0 Å². The maximum atomic E-state index is 11.3. The van der Waals surface area contributed by atoms with Crippen molar-refractivity contribution >= 4 is 59.5 Å². The number of carbonyl (C=O) groups is 2. The summed E-state index contributed by atoms with van der Waals surface area (Å²) < 4.78 is 22.5. The maximum Gasteiger partial charge on any atom is 0.183 e. The molecule has 0 unspecified atom stereocenters. The summed E-state index contributed by atoms with van der Waals surface area (Å²) in [6, 6.07) is 8.03. The van der Waals surface area contributed by atoms with Gasteiger partial charge in [-0.1, -0.05) is 36.4 Å². The van der Waals surface area contributed by atoms with Crippen LogP contribution in [0.3, 0.4) is 0 Å². The fourth-order valence-electron chi connectivity index (χ4n) is 3.43. The number of hydrogen-bond acceptors (Lipinski definition) is 8. The highest BCUT2D eigenvalue weighted by Gasteiger charge is 2.23. The van der Waals surface area contributed by atoms with E-state index in [1.54, 1.807) is 0 Å². The molecule has 0 atom stereocenters. The summed E-state index contributed by atoms with van der Waals surface area (Å²) in [6.45, 7) is 1.85. The second-order valence-electron chi connectivity index (χ2n) is 6.94. The van der Waals surface area contributed by atoms with Gasteiger partial charge in [0.05, 0.1) is 9.75 Å². The van der Waals surface area contributed by atoms with E-state index in [0.717, 1.165) is 33.5 Å². The van der Waals surface area contributed by atoms with Gasteiger partial charge < -0.3 is 18.9 Å². The number of aldehydes is 2. The molecule has 0 amide bonds. The van der Waals surface area contributed by atoms with Crippen molar-refractivity contribution in [2.24, 2.45) is 0 Å². The summed E-state index contributed by atoms with van der Waals surface area (Å²) in [4.78, 5) is 25.4. The number of rotatable bonds is 6. The molecule has 162 valence electrons. The van der Waals surface area contributed by atoms with Crippen molar-refractivity contribution in [1.82, 2.24) is 0 Å². The van der Waals surface area contributed by atoms with Gasteiger partial charge in [0.1, 0.15) is 36.2 Å². The van der Waals surface area contributed by atoms with Gasteiger partial charge in [-0.2, -0.15) is 0 Å². The Hall–Kier alpha value is -3.36. The first-order valence-electron chi connectivity index (χ1n) is 9.98. The predicted octanol–water partition coefficient (Wildman–Crippen LogP) is 5.32. The van der Waals surface area contributed by atoms with Gasteiger partial charge in [0.15, 0.2) is 35.6 Å². The molecule has 2 aliphatic heterocycles. The van der Waals surface area contributed by atoms with Crippen molar-refractivity contribution in [3.63, 3.8) is 0 Å². The normalized spacial score (nSPS) is 14.8. The number of carbonyl (C=O) groups excluding carboxylic acids is 2. The zero-order valence-electron chi connectivity index (χ0n) is 16.9. The molecule has 0 bridgehead atoms. The summed E-state index contributed by atoms with van der Waals surface area (Å²) in [5.74, 6) is 2.36. The maximum absolute atomic E-state index is 11.3. The van der Waals surface area contributed by atoms with Gasteiger partial charge in [0.25, 0.3) is 0 Å². The minimum absolute atomic E-state index is 0.451. The molecule has 2 aromatic heterocycles. The van der Waals surface area contributed by atoms with Crippen LogP contribution < -0.4 is 18.9 Å². The molecule has 6 nitrogen and oxygen atoms in total. The highest BCUT2D eigenvalue weighted by molar-refractivity contribution is 7.15. The molecular weight excluding hydrogens is 448 g/mol. The Kier molecular flexibility index (Phi) is 5.79. The van der Waals surface area contributed by atoms with Gasteiger partial charge in [0, 0.05) is 0 Å². The predicted molar refractivity (Wildman–Crippen MR) is 126 cm³/mol. The Morgan fingerprint density at radius 2 is 0.875 bits per heavy atom. The lowest BCUT2D eigenvalue weighted by molar-refractivity contribution is 0.110. The number of fused-ring (bicyclic) bond motifs is 2. The van der Waals surface area contributed by atoms with Crippen LogP contribution in [0.2, 0.25) is 0 Å². The number of thiophene rings is 2. The average molecular weight is 467 g/mol. The van der Waals surface area contributed by atoms with Crippen molar-refractivity contribution in [2.45, 2.75) is 0 Å². The highest BCUT2D eigenvalue weighted by Crippen LogP contribution is 2.45. The first-order chi connectivity index (χ1) is 15.8. The van der Waals surface area contributed by atoms with Crippen molar-refractivity contribution in [1.29, 1.82) is 0 Å². The van der Waals surface area contributed by atoms with Crippen LogP contribution in [0.4, 0.5) is 0 Å². The third-order valence-corrected chi connectivity index (χ3v) is 6.99. The monoisotopic (exact) mass is 466 g/mol. The molecular formula is C24H18O6S2. The van der Waals surface area contributed by atoms with Crippen LogP contribution in [0.25, 0.3) is 24.3 Å². The SMILES string of the molecule is O=Cc1sc(/C=C/c2ccc(/C=C/c3sc(C=O)c4c3OCCO4)cc2)c2c1OCCO2. The lowest BCUT2D eigenvalue weighted by atomic mass is 10.1. The second kappa shape index (κ2) is 9.02. The molecule has 8 heteroatoms. The summed E-state index contributed by atoms with van der Waals surface area (Å²) in [7, 11) is 0. The van der Waals surface area contributed by atoms with E-state index in [1.165, 1.54) is 22.7 Å². The molecule has 0 N–H and O–H groups in total. The summed E-state index contributed by atoms with van der Waals surface area (Å²) in [5.41, 5.74) is 2.03. The fourth-order valence-corrected chi connectivity index (χ4v) is 5.25. The van der Waals surface area contributed by atoms with Gasteiger partial charge >= 0.3 is 0 Å². The summed E-state index contributed by atoms with van der Waals surface area (Å²) >= 11 is 2.71. The molecule has 0 saturated heterocycles. The number of hydrogen-bond donors (Lipinski definition) is 0. The fraction of sp³-hybridized carbons (Fsp3) is 0.167. The first-order valence-corrected chi connectivity index (χ1v) is 11.6. The van der Waals surface area contributed by atoms with E-state index in [9.17, 15) is 9.59 Å². The number of ether oxygens (including phenoxy) is 4. The van der Waals surface area contributed by atoms with Crippen molar-refractivity contribution in [3.8, 4) is 23.0 Å². The first kappa shape index (κ1) is 20.5. The zero-order chi connectivity index (χ0) is 21.9. The topological polar surface area (TPSA) is 71.1 Å². The summed E-state index contributed by atoms with van der Waals surface area (Å²) in [6.07, 6.45) is 9.43. The Balaban J connectivity index is 1.32. The molecule has 0 radical (unpaired) electrons. The minimum Gasteiger partial charge on any atom is -0.485 e.